The van der Waals surface area contributed by atoms with Gasteiger partial charge in [0.2, 0.25) is 0 Å². The van der Waals surface area contributed by atoms with Gasteiger partial charge in [-0.2, -0.15) is 8.42 Å². The van der Waals surface area contributed by atoms with Gasteiger partial charge >= 0.3 is 11.7 Å². The van der Waals surface area contributed by atoms with Crippen molar-refractivity contribution in [3.8, 4) is 5.75 Å². The molecule has 1 heterocycles. The molecular formula is C22H26FN3O6S. The highest BCUT2D eigenvalue weighted by Crippen LogP contribution is 2.24. The molecule has 2 N–H and O–H groups in total. The van der Waals surface area contributed by atoms with Crippen LogP contribution in [0.2, 0.25) is 0 Å². The minimum atomic E-state index is -3.90. The second kappa shape index (κ2) is 10.9. The maximum Gasteiger partial charge on any atom is 0.414 e. The molecular weight excluding hydrogens is 453 g/mol. The van der Waals surface area contributed by atoms with Crippen molar-refractivity contribution in [1.82, 2.24) is 9.62 Å². The van der Waals surface area contributed by atoms with E-state index < -0.39 is 27.7 Å². The second-order valence-electron chi connectivity index (χ2n) is 6.79. The van der Waals surface area contributed by atoms with E-state index in [1.165, 1.54) is 50.3 Å². The van der Waals surface area contributed by atoms with Crippen molar-refractivity contribution in [2.24, 2.45) is 0 Å². The van der Waals surface area contributed by atoms with Gasteiger partial charge < -0.3 is 14.1 Å². The number of nitrogens with one attached hydrogen (secondary N) is 2. The molecule has 0 radical (unpaired) electrons. The molecule has 33 heavy (non-hydrogen) atoms. The fourth-order valence-corrected chi connectivity index (χ4v) is 3.26. The third kappa shape index (κ3) is 6.53. The predicted octanol–water partition coefficient (Wildman–Crippen LogP) is 3.49. The summed E-state index contributed by atoms with van der Waals surface area (Å²) in [6, 6.07) is 10.3. The zero-order chi connectivity index (χ0) is 24.8. The zero-order valence-electron chi connectivity index (χ0n) is 18.9. The fraction of sp³-hybridized carbons (Fsp3) is 0.273. The summed E-state index contributed by atoms with van der Waals surface area (Å²) in [6.07, 6.45) is -0.695. The van der Waals surface area contributed by atoms with Crippen molar-refractivity contribution < 1.29 is 26.8 Å². The monoisotopic (exact) mass is 479 g/mol. The fourth-order valence-electron chi connectivity index (χ4n) is 2.71. The Balaban J connectivity index is 0.00000187. The van der Waals surface area contributed by atoms with Gasteiger partial charge in [-0.05, 0) is 29.8 Å². The van der Waals surface area contributed by atoms with Crippen LogP contribution in [0.4, 0.5) is 14.9 Å². The number of hydrogen-bond donors (Lipinski definition) is 2. The second-order valence-corrected chi connectivity index (χ2v) is 8.41. The van der Waals surface area contributed by atoms with Crippen molar-refractivity contribution >= 4 is 33.0 Å². The number of anilines is 1. The molecule has 0 aliphatic heterocycles. The number of carbonyl (C=O) groups excluding carboxylic acids is 1. The van der Waals surface area contributed by atoms with Gasteiger partial charge in [0.05, 0.1) is 5.69 Å². The number of amides is 1. The molecule has 0 atom stereocenters. The van der Waals surface area contributed by atoms with Crippen molar-refractivity contribution in [3.63, 3.8) is 0 Å². The number of ether oxygens (including phenoxy) is 1. The van der Waals surface area contributed by atoms with E-state index in [2.05, 4.69) is 4.72 Å². The molecule has 0 bridgehead atoms. The van der Waals surface area contributed by atoms with Crippen LogP contribution in [0.5, 0.6) is 5.75 Å². The molecule has 3 aromatic rings. The van der Waals surface area contributed by atoms with E-state index in [4.69, 9.17) is 9.15 Å². The van der Waals surface area contributed by atoms with Crippen LogP contribution in [0.25, 0.3) is 11.0 Å². The van der Waals surface area contributed by atoms with Gasteiger partial charge in [-0.1, -0.05) is 26.0 Å². The molecule has 0 saturated carbocycles. The summed E-state index contributed by atoms with van der Waals surface area (Å²) in [6.45, 7) is 4.00. The van der Waals surface area contributed by atoms with Crippen LogP contribution in [-0.4, -0.2) is 40.6 Å². The van der Waals surface area contributed by atoms with Gasteiger partial charge in [-0.3, -0.25) is 4.72 Å². The molecule has 0 saturated heterocycles. The van der Waals surface area contributed by atoms with E-state index >= 15 is 0 Å². The third-order valence-electron chi connectivity index (χ3n) is 4.32. The highest BCUT2D eigenvalue weighted by molar-refractivity contribution is 7.90. The predicted molar refractivity (Wildman–Crippen MR) is 124 cm³/mol. The summed E-state index contributed by atoms with van der Waals surface area (Å²) >= 11 is 0. The molecule has 0 aliphatic rings. The minimum Gasteiger partial charge on any atom is -0.422 e. The minimum absolute atomic E-state index is 0.111. The quantitative estimate of drug-likeness (QED) is 0.523. The van der Waals surface area contributed by atoms with Crippen LogP contribution in [0.3, 0.4) is 0 Å². The first kappa shape index (κ1) is 25.8. The van der Waals surface area contributed by atoms with E-state index in [1.54, 1.807) is 18.2 Å². The first-order valence-electron chi connectivity index (χ1n) is 10.0. The van der Waals surface area contributed by atoms with Crippen molar-refractivity contribution in [2.45, 2.75) is 20.3 Å². The first-order chi connectivity index (χ1) is 15.6. The van der Waals surface area contributed by atoms with Crippen LogP contribution in [-0.2, 0) is 16.6 Å². The van der Waals surface area contributed by atoms with E-state index in [0.717, 1.165) is 0 Å². The number of halogens is 1. The van der Waals surface area contributed by atoms with Crippen molar-refractivity contribution in [1.29, 1.82) is 0 Å². The maximum absolute atomic E-state index is 14.8. The summed E-state index contributed by atoms with van der Waals surface area (Å²) in [5, 5.41) is 0.548. The Bertz CT molecular complexity index is 1310. The number of hydrogen-bond acceptors (Lipinski definition) is 6. The van der Waals surface area contributed by atoms with Crippen LogP contribution in [0, 0.1) is 5.82 Å². The molecule has 3 rings (SSSR count). The summed E-state index contributed by atoms with van der Waals surface area (Å²) < 4.78 is 52.6. The smallest absolute Gasteiger partial charge is 0.414 e. The lowest BCUT2D eigenvalue weighted by molar-refractivity contribution is 0.172. The van der Waals surface area contributed by atoms with Crippen molar-refractivity contribution in [2.75, 3.05) is 25.9 Å². The number of carbonyl (C=O) groups is 1. The van der Waals surface area contributed by atoms with Crippen LogP contribution < -0.4 is 19.8 Å². The molecule has 0 fully saturated rings. The molecule has 0 unspecified atom stereocenters. The number of benzene rings is 2. The van der Waals surface area contributed by atoms with Gasteiger partial charge in [-0.25, -0.2) is 18.7 Å². The molecule has 9 nitrogen and oxygen atoms in total. The maximum atomic E-state index is 14.8. The Morgan fingerprint density at radius 3 is 2.45 bits per heavy atom. The molecule has 2 aromatic carbocycles. The Kier molecular flexibility index (Phi) is 8.55. The summed E-state index contributed by atoms with van der Waals surface area (Å²) in [5.41, 5.74) is -0.445. The number of nitrogens with zero attached hydrogens (tertiary/aromatic N) is 1. The Hall–Kier alpha value is -3.44. The van der Waals surface area contributed by atoms with E-state index in [1.807, 2.05) is 18.6 Å². The summed E-state index contributed by atoms with van der Waals surface area (Å²) in [5.74, 6) is -0.593. The molecule has 1 aromatic heterocycles. The number of fused-ring (bicyclic) bond motifs is 1. The third-order valence-corrected chi connectivity index (χ3v) is 5.35. The average molecular weight is 480 g/mol. The molecule has 1 amide bonds. The Labute approximate surface area is 191 Å². The molecule has 0 aliphatic carbocycles. The van der Waals surface area contributed by atoms with Crippen LogP contribution in [0.1, 0.15) is 25.0 Å². The van der Waals surface area contributed by atoms with E-state index in [-0.39, 0.29) is 34.6 Å². The first-order valence-corrected chi connectivity index (χ1v) is 11.5. The van der Waals surface area contributed by atoms with E-state index in [9.17, 15) is 22.4 Å². The highest BCUT2D eigenvalue weighted by Gasteiger charge is 2.16. The number of rotatable bonds is 6. The van der Waals surface area contributed by atoms with Gasteiger partial charge in [0.15, 0.2) is 5.82 Å². The van der Waals surface area contributed by atoms with Crippen LogP contribution in [0.15, 0.2) is 51.7 Å². The summed E-state index contributed by atoms with van der Waals surface area (Å²) in [4.78, 5) is 25.3. The lowest BCUT2D eigenvalue weighted by atomic mass is 10.0. The topological polar surface area (TPSA) is 118 Å². The largest absolute Gasteiger partial charge is 0.422 e. The average Bonchev–Trinajstić information content (AvgIpc) is 2.78. The van der Waals surface area contributed by atoms with E-state index in [0.29, 0.717) is 5.39 Å². The molecule has 11 heteroatoms. The van der Waals surface area contributed by atoms with Gasteiger partial charge in [0.1, 0.15) is 11.3 Å². The van der Waals surface area contributed by atoms with Crippen LogP contribution >= 0.6 is 0 Å². The lowest BCUT2D eigenvalue weighted by Gasteiger charge is -2.11. The van der Waals surface area contributed by atoms with Gasteiger partial charge in [0.25, 0.3) is 10.2 Å². The lowest BCUT2D eigenvalue weighted by Crippen LogP contribution is -2.27. The summed E-state index contributed by atoms with van der Waals surface area (Å²) in [7, 11) is 0.363. The van der Waals surface area contributed by atoms with Gasteiger partial charge in [-0.15, -0.1) is 0 Å². The van der Waals surface area contributed by atoms with Gasteiger partial charge in [0, 0.05) is 44.6 Å². The molecule has 0 spiro atoms. The standard InChI is InChI=1S/C20H20FN3O6S.C2H6/c1-22-31(27,28)23-16-6-4-5-13(18(16)21)10-14-9-12-7-8-15(29-20(26)24(2)3)11-17(12)30-19(14)25;1-2/h4-9,11,22-23H,10H2,1-3H3;1-2H3. The normalized spacial score (nSPS) is 10.8. The highest BCUT2D eigenvalue weighted by atomic mass is 32.2. The Morgan fingerprint density at radius 2 is 1.82 bits per heavy atom. The van der Waals surface area contributed by atoms with Crippen molar-refractivity contribution in [3.05, 3.63) is 69.8 Å². The SMILES string of the molecule is CC.CNS(=O)(=O)Nc1cccc(Cc2cc3ccc(OC(=O)N(C)C)cc3oc2=O)c1F. The molecule has 178 valence electrons. The zero-order valence-corrected chi connectivity index (χ0v) is 19.7. The Morgan fingerprint density at radius 1 is 1.12 bits per heavy atom.